The lowest BCUT2D eigenvalue weighted by Crippen LogP contribution is -2.34. The molecule has 18 heavy (non-hydrogen) atoms. The standard InChI is InChI=1S/C12H17N3O2S/c1-2-8-6-15(11(17)14-10(8)16)7-12(3-4-12)5-9(13)18/h6H,2-5,7H2,1H3,(H2,13,18)(H,14,16,17). The third kappa shape index (κ3) is 2.69. The summed E-state index contributed by atoms with van der Waals surface area (Å²) in [5, 5.41) is 0. The third-order valence-corrected chi connectivity index (χ3v) is 3.62. The van der Waals surface area contributed by atoms with Gasteiger partial charge in [-0.1, -0.05) is 19.1 Å². The topological polar surface area (TPSA) is 80.9 Å². The van der Waals surface area contributed by atoms with Crippen molar-refractivity contribution in [3.63, 3.8) is 0 Å². The normalized spacial score (nSPS) is 16.5. The lowest BCUT2D eigenvalue weighted by atomic mass is 10.0. The average molecular weight is 267 g/mol. The molecular weight excluding hydrogens is 250 g/mol. The molecule has 0 aliphatic heterocycles. The molecule has 0 amide bonds. The quantitative estimate of drug-likeness (QED) is 0.764. The Labute approximate surface area is 110 Å². The lowest BCUT2D eigenvalue weighted by molar-refractivity contribution is 0.423. The van der Waals surface area contributed by atoms with Crippen LogP contribution in [0.5, 0.6) is 0 Å². The van der Waals surface area contributed by atoms with E-state index in [0.29, 0.717) is 29.9 Å². The monoisotopic (exact) mass is 267 g/mol. The molecule has 1 aromatic rings. The van der Waals surface area contributed by atoms with Gasteiger partial charge in [-0.15, -0.1) is 0 Å². The van der Waals surface area contributed by atoms with Gasteiger partial charge >= 0.3 is 5.69 Å². The number of aryl methyl sites for hydroxylation is 1. The van der Waals surface area contributed by atoms with E-state index in [1.54, 1.807) is 10.8 Å². The SMILES string of the molecule is CCc1cn(CC2(CC(N)=S)CC2)c(=O)[nH]c1=O. The maximum atomic E-state index is 11.7. The van der Waals surface area contributed by atoms with E-state index in [4.69, 9.17) is 18.0 Å². The first-order valence-corrected chi connectivity index (χ1v) is 6.47. The van der Waals surface area contributed by atoms with Gasteiger partial charge in [-0.05, 0) is 24.7 Å². The summed E-state index contributed by atoms with van der Waals surface area (Å²) in [7, 11) is 0. The predicted molar refractivity (Wildman–Crippen MR) is 73.8 cm³/mol. The Morgan fingerprint density at radius 1 is 1.56 bits per heavy atom. The van der Waals surface area contributed by atoms with Gasteiger partial charge in [0.15, 0.2) is 0 Å². The molecule has 3 N–H and O–H groups in total. The fraction of sp³-hybridized carbons (Fsp3) is 0.583. The summed E-state index contributed by atoms with van der Waals surface area (Å²) >= 11 is 4.93. The number of hydrogen-bond donors (Lipinski definition) is 2. The van der Waals surface area contributed by atoms with Gasteiger partial charge in [-0.25, -0.2) is 4.79 Å². The summed E-state index contributed by atoms with van der Waals surface area (Å²) in [6, 6.07) is 0. The first kappa shape index (κ1) is 13.0. The molecule has 1 aliphatic rings. The molecule has 1 heterocycles. The maximum absolute atomic E-state index is 11.7. The van der Waals surface area contributed by atoms with Crippen LogP contribution in [0.1, 0.15) is 31.7 Å². The largest absolute Gasteiger partial charge is 0.393 e. The van der Waals surface area contributed by atoms with Gasteiger partial charge in [0, 0.05) is 24.7 Å². The highest BCUT2D eigenvalue weighted by Gasteiger charge is 2.43. The smallest absolute Gasteiger partial charge is 0.328 e. The first-order valence-electron chi connectivity index (χ1n) is 6.07. The third-order valence-electron chi connectivity index (χ3n) is 3.48. The van der Waals surface area contributed by atoms with Gasteiger partial charge in [0.1, 0.15) is 0 Å². The zero-order chi connectivity index (χ0) is 13.3. The Balaban J connectivity index is 2.27. The molecule has 0 spiro atoms. The summed E-state index contributed by atoms with van der Waals surface area (Å²) in [6.07, 6.45) is 4.98. The van der Waals surface area contributed by atoms with E-state index in [1.165, 1.54) is 0 Å². The zero-order valence-corrected chi connectivity index (χ0v) is 11.2. The van der Waals surface area contributed by atoms with Crippen LogP contribution < -0.4 is 17.0 Å². The van der Waals surface area contributed by atoms with Crippen LogP contribution in [0.3, 0.4) is 0 Å². The summed E-state index contributed by atoms with van der Waals surface area (Å²) < 4.78 is 1.57. The Morgan fingerprint density at radius 3 is 2.72 bits per heavy atom. The van der Waals surface area contributed by atoms with E-state index in [0.717, 1.165) is 12.8 Å². The Hall–Kier alpha value is -1.43. The van der Waals surface area contributed by atoms with Crippen molar-refractivity contribution in [2.45, 2.75) is 39.2 Å². The number of H-pyrrole nitrogens is 1. The van der Waals surface area contributed by atoms with E-state index >= 15 is 0 Å². The molecule has 0 bridgehead atoms. The van der Waals surface area contributed by atoms with E-state index in [9.17, 15) is 9.59 Å². The first-order chi connectivity index (χ1) is 8.46. The van der Waals surface area contributed by atoms with Crippen molar-refractivity contribution in [3.8, 4) is 0 Å². The van der Waals surface area contributed by atoms with Crippen molar-refractivity contribution in [2.24, 2.45) is 11.1 Å². The molecule has 2 rings (SSSR count). The van der Waals surface area contributed by atoms with Crippen LogP contribution in [0.4, 0.5) is 0 Å². The maximum Gasteiger partial charge on any atom is 0.328 e. The van der Waals surface area contributed by atoms with Crippen LogP contribution in [0.15, 0.2) is 15.8 Å². The molecule has 5 nitrogen and oxygen atoms in total. The molecule has 0 aromatic carbocycles. The van der Waals surface area contributed by atoms with Crippen LogP contribution in [0, 0.1) is 5.41 Å². The van der Waals surface area contributed by atoms with Gasteiger partial charge in [0.25, 0.3) is 5.56 Å². The zero-order valence-electron chi connectivity index (χ0n) is 10.4. The summed E-state index contributed by atoms with van der Waals surface area (Å²) in [4.78, 5) is 26.1. The van der Waals surface area contributed by atoms with Gasteiger partial charge in [0.2, 0.25) is 0 Å². The number of nitrogens with one attached hydrogen (secondary N) is 1. The second kappa shape index (κ2) is 4.68. The van der Waals surface area contributed by atoms with Crippen molar-refractivity contribution in [2.75, 3.05) is 0 Å². The minimum atomic E-state index is -0.355. The van der Waals surface area contributed by atoms with Gasteiger partial charge in [-0.2, -0.15) is 0 Å². The molecule has 0 saturated heterocycles. The molecule has 6 heteroatoms. The van der Waals surface area contributed by atoms with E-state index in [-0.39, 0.29) is 16.7 Å². The fourth-order valence-corrected chi connectivity index (χ4v) is 2.53. The minimum absolute atomic E-state index is 0.0267. The number of rotatable bonds is 5. The van der Waals surface area contributed by atoms with E-state index in [2.05, 4.69) is 4.98 Å². The van der Waals surface area contributed by atoms with Crippen molar-refractivity contribution in [1.82, 2.24) is 9.55 Å². The Morgan fingerprint density at radius 2 is 2.22 bits per heavy atom. The number of nitrogens with two attached hydrogens (primary N) is 1. The molecule has 0 radical (unpaired) electrons. The second-order valence-corrected chi connectivity index (χ2v) is 5.56. The minimum Gasteiger partial charge on any atom is -0.393 e. The Bertz CT molecular complexity index is 584. The summed E-state index contributed by atoms with van der Waals surface area (Å²) in [5.74, 6) is 0. The highest BCUT2D eigenvalue weighted by Crippen LogP contribution is 2.49. The highest BCUT2D eigenvalue weighted by atomic mass is 32.1. The molecule has 1 aliphatic carbocycles. The molecule has 0 unspecified atom stereocenters. The Kier molecular flexibility index (Phi) is 3.38. The van der Waals surface area contributed by atoms with Gasteiger partial charge < -0.3 is 5.73 Å². The van der Waals surface area contributed by atoms with Gasteiger partial charge in [-0.3, -0.25) is 14.3 Å². The van der Waals surface area contributed by atoms with Crippen molar-refractivity contribution < 1.29 is 0 Å². The second-order valence-electron chi connectivity index (χ2n) is 5.04. The molecule has 98 valence electrons. The lowest BCUT2D eigenvalue weighted by Gasteiger charge is -2.16. The van der Waals surface area contributed by atoms with Crippen LogP contribution >= 0.6 is 12.2 Å². The fourth-order valence-electron chi connectivity index (χ4n) is 2.22. The predicted octanol–water partition coefficient (Wildman–Crippen LogP) is 0.555. The van der Waals surface area contributed by atoms with Crippen LogP contribution in [-0.2, 0) is 13.0 Å². The molecule has 1 fully saturated rings. The number of aromatic nitrogens is 2. The average Bonchev–Trinajstić information content (AvgIpc) is 3.01. The van der Waals surface area contributed by atoms with Crippen molar-refractivity contribution in [3.05, 3.63) is 32.6 Å². The summed E-state index contributed by atoms with van der Waals surface area (Å²) in [5.41, 5.74) is 5.58. The van der Waals surface area contributed by atoms with Gasteiger partial charge in [0.05, 0.1) is 4.99 Å². The number of thiocarbonyl (C=S) groups is 1. The molecule has 0 atom stereocenters. The van der Waals surface area contributed by atoms with Crippen LogP contribution in [0.2, 0.25) is 0 Å². The van der Waals surface area contributed by atoms with Crippen LogP contribution in [-0.4, -0.2) is 14.5 Å². The summed E-state index contributed by atoms with van der Waals surface area (Å²) in [6.45, 7) is 2.47. The molecule has 1 saturated carbocycles. The van der Waals surface area contributed by atoms with Crippen molar-refractivity contribution >= 4 is 17.2 Å². The van der Waals surface area contributed by atoms with Crippen LogP contribution in [0.25, 0.3) is 0 Å². The van der Waals surface area contributed by atoms with Crippen molar-refractivity contribution in [1.29, 1.82) is 0 Å². The molecular formula is C12H17N3O2S. The van der Waals surface area contributed by atoms with E-state index < -0.39 is 0 Å². The molecule has 1 aromatic heterocycles. The highest BCUT2D eigenvalue weighted by molar-refractivity contribution is 7.80. The number of aromatic amines is 1. The number of nitrogens with zero attached hydrogens (tertiary/aromatic N) is 1. The number of hydrogen-bond acceptors (Lipinski definition) is 3. The van der Waals surface area contributed by atoms with E-state index in [1.807, 2.05) is 6.92 Å².